The van der Waals surface area contributed by atoms with Crippen LogP contribution in [-0.2, 0) is 0 Å². The van der Waals surface area contributed by atoms with E-state index >= 15 is 0 Å². The molecular formula is C19H21N7. The fraction of sp³-hybridized carbons (Fsp3) is 0.421. The van der Waals surface area contributed by atoms with E-state index in [4.69, 9.17) is 0 Å². The molecule has 132 valence electrons. The van der Waals surface area contributed by atoms with Gasteiger partial charge in [-0.1, -0.05) is 0 Å². The maximum Gasteiger partial charge on any atom is 0.140 e. The summed E-state index contributed by atoms with van der Waals surface area (Å²) in [4.78, 5) is 26.9. The Morgan fingerprint density at radius 1 is 1.04 bits per heavy atom. The predicted molar refractivity (Wildman–Crippen MR) is 100 cm³/mol. The third-order valence-electron chi connectivity index (χ3n) is 5.64. The molecule has 3 aromatic heterocycles. The van der Waals surface area contributed by atoms with Crippen LogP contribution >= 0.6 is 0 Å². The van der Waals surface area contributed by atoms with Crippen LogP contribution in [0.15, 0.2) is 37.1 Å². The SMILES string of the molecule is Cc1nccc(N2CCC3CCN(c4ncnc5cnccc45)C3C2)n1. The van der Waals surface area contributed by atoms with Gasteiger partial charge in [-0.15, -0.1) is 0 Å². The first-order valence-corrected chi connectivity index (χ1v) is 9.15. The number of pyridine rings is 1. The molecule has 5 heterocycles. The minimum absolute atomic E-state index is 0.449. The highest BCUT2D eigenvalue weighted by atomic mass is 15.3. The first-order chi connectivity index (χ1) is 12.8. The van der Waals surface area contributed by atoms with E-state index in [2.05, 4.69) is 34.7 Å². The first-order valence-electron chi connectivity index (χ1n) is 9.15. The lowest BCUT2D eigenvalue weighted by Gasteiger charge is -2.39. The Labute approximate surface area is 152 Å². The smallest absolute Gasteiger partial charge is 0.140 e. The number of piperidine rings is 1. The standard InChI is InChI=1S/C19H21N7/c1-13-21-7-3-18(24-13)25-8-4-14-5-9-26(17(14)11-25)19-15-2-6-20-10-16(15)22-12-23-19/h2-3,6-7,10,12,14,17H,4-5,8-9,11H2,1H3. The molecule has 2 aliphatic heterocycles. The van der Waals surface area contributed by atoms with Crippen molar-refractivity contribution >= 4 is 22.5 Å². The molecule has 2 unspecified atom stereocenters. The number of hydrogen-bond donors (Lipinski definition) is 0. The lowest BCUT2D eigenvalue weighted by molar-refractivity contribution is 0.388. The molecule has 0 radical (unpaired) electrons. The molecule has 0 amide bonds. The quantitative estimate of drug-likeness (QED) is 0.704. The lowest BCUT2D eigenvalue weighted by Crippen LogP contribution is -2.49. The van der Waals surface area contributed by atoms with Crippen LogP contribution in [-0.4, -0.2) is 50.6 Å². The van der Waals surface area contributed by atoms with E-state index in [0.717, 1.165) is 48.0 Å². The van der Waals surface area contributed by atoms with Crippen molar-refractivity contribution in [1.29, 1.82) is 0 Å². The van der Waals surface area contributed by atoms with Gasteiger partial charge in [0.1, 0.15) is 23.8 Å². The second kappa shape index (κ2) is 6.16. The molecule has 2 saturated heterocycles. The van der Waals surface area contributed by atoms with Crippen molar-refractivity contribution in [3.05, 3.63) is 42.9 Å². The van der Waals surface area contributed by atoms with Crippen LogP contribution in [0, 0.1) is 12.8 Å². The molecule has 7 heteroatoms. The summed E-state index contributed by atoms with van der Waals surface area (Å²) in [5.41, 5.74) is 0.903. The van der Waals surface area contributed by atoms with E-state index in [1.807, 2.05) is 37.6 Å². The van der Waals surface area contributed by atoms with Gasteiger partial charge in [0.2, 0.25) is 0 Å². The van der Waals surface area contributed by atoms with Gasteiger partial charge in [-0.05, 0) is 37.8 Å². The topological polar surface area (TPSA) is 70.9 Å². The summed E-state index contributed by atoms with van der Waals surface area (Å²) in [6.07, 6.45) is 9.54. The monoisotopic (exact) mass is 347 g/mol. The molecule has 0 bridgehead atoms. The maximum absolute atomic E-state index is 4.63. The Kier molecular flexibility index (Phi) is 3.65. The summed E-state index contributed by atoms with van der Waals surface area (Å²) in [6.45, 7) is 5.01. The van der Waals surface area contributed by atoms with Gasteiger partial charge in [0, 0.05) is 37.4 Å². The number of rotatable bonds is 2. The van der Waals surface area contributed by atoms with Crippen molar-refractivity contribution in [2.24, 2.45) is 5.92 Å². The second-order valence-electron chi connectivity index (χ2n) is 7.10. The molecule has 2 aliphatic rings. The molecular weight excluding hydrogens is 326 g/mol. The van der Waals surface area contributed by atoms with E-state index in [9.17, 15) is 0 Å². The molecule has 2 atom stereocenters. The second-order valence-corrected chi connectivity index (χ2v) is 7.10. The van der Waals surface area contributed by atoms with Gasteiger partial charge in [0.15, 0.2) is 0 Å². The molecule has 0 saturated carbocycles. The van der Waals surface area contributed by atoms with Crippen molar-refractivity contribution in [3.63, 3.8) is 0 Å². The molecule has 0 N–H and O–H groups in total. The fourth-order valence-corrected chi connectivity index (χ4v) is 4.35. The van der Waals surface area contributed by atoms with Crippen LogP contribution in [0.1, 0.15) is 18.7 Å². The van der Waals surface area contributed by atoms with Gasteiger partial charge < -0.3 is 9.80 Å². The van der Waals surface area contributed by atoms with Crippen molar-refractivity contribution in [2.75, 3.05) is 29.4 Å². The minimum Gasteiger partial charge on any atom is -0.354 e. The highest BCUT2D eigenvalue weighted by Gasteiger charge is 2.39. The molecule has 2 fully saturated rings. The molecule has 3 aromatic rings. The summed E-state index contributed by atoms with van der Waals surface area (Å²) in [5, 5.41) is 1.08. The number of aryl methyl sites for hydroxylation is 1. The molecule has 5 rings (SSSR count). The summed E-state index contributed by atoms with van der Waals surface area (Å²) < 4.78 is 0. The third kappa shape index (κ3) is 2.55. The van der Waals surface area contributed by atoms with Crippen LogP contribution < -0.4 is 9.80 Å². The van der Waals surface area contributed by atoms with Gasteiger partial charge in [-0.2, -0.15) is 0 Å². The number of aromatic nitrogens is 5. The largest absolute Gasteiger partial charge is 0.354 e. The molecule has 7 nitrogen and oxygen atoms in total. The van der Waals surface area contributed by atoms with Crippen molar-refractivity contribution in [2.45, 2.75) is 25.8 Å². The zero-order valence-corrected chi connectivity index (χ0v) is 14.8. The summed E-state index contributed by atoms with van der Waals surface area (Å²) in [7, 11) is 0. The Morgan fingerprint density at radius 3 is 2.88 bits per heavy atom. The van der Waals surface area contributed by atoms with Gasteiger partial charge in [0.05, 0.1) is 17.8 Å². The molecule has 0 aliphatic carbocycles. The highest BCUT2D eigenvalue weighted by Crippen LogP contribution is 2.37. The van der Waals surface area contributed by atoms with E-state index in [0.29, 0.717) is 12.0 Å². The van der Waals surface area contributed by atoms with Crippen molar-refractivity contribution in [3.8, 4) is 0 Å². The normalized spacial score (nSPS) is 22.7. The lowest BCUT2D eigenvalue weighted by atomic mass is 9.92. The van der Waals surface area contributed by atoms with Gasteiger partial charge in [-0.25, -0.2) is 19.9 Å². The van der Waals surface area contributed by atoms with Crippen LogP contribution in [0.5, 0.6) is 0 Å². The number of anilines is 2. The number of hydrogen-bond acceptors (Lipinski definition) is 7. The molecule has 26 heavy (non-hydrogen) atoms. The summed E-state index contributed by atoms with van der Waals surface area (Å²) in [5.74, 6) is 3.59. The Hall–Kier alpha value is -2.83. The Bertz CT molecular complexity index is 939. The third-order valence-corrected chi connectivity index (χ3v) is 5.64. The van der Waals surface area contributed by atoms with E-state index in [-0.39, 0.29) is 0 Å². The summed E-state index contributed by atoms with van der Waals surface area (Å²) in [6, 6.07) is 4.48. The van der Waals surface area contributed by atoms with Crippen LogP contribution in [0.25, 0.3) is 10.9 Å². The van der Waals surface area contributed by atoms with Crippen molar-refractivity contribution < 1.29 is 0 Å². The van der Waals surface area contributed by atoms with E-state index < -0.39 is 0 Å². The van der Waals surface area contributed by atoms with Crippen LogP contribution in [0.4, 0.5) is 11.6 Å². The highest BCUT2D eigenvalue weighted by molar-refractivity contribution is 5.88. The molecule has 0 aromatic carbocycles. The van der Waals surface area contributed by atoms with Crippen molar-refractivity contribution in [1.82, 2.24) is 24.9 Å². The average Bonchev–Trinajstić information content (AvgIpc) is 3.10. The zero-order chi connectivity index (χ0) is 17.5. The van der Waals surface area contributed by atoms with Gasteiger partial charge in [0.25, 0.3) is 0 Å². The van der Waals surface area contributed by atoms with E-state index in [1.54, 1.807) is 6.33 Å². The average molecular weight is 347 g/mol. The van der Waals surface area contributed by atoms with Gasteiger partial charge in [-0.3, -0.25) is 4.98 Å². The number of nitrogens with zero attached hydrogens (tertiary/aromatic N) is 7. The van der Waals surface area contributed by atoms with Crippen LogP contribution in [0.3, 0.4) is 0 Å². The predicted octanol–water partition coefficient (Wildman–Crippen LogP) is 2.23. The fourth-order valence-electron chi connectivity index (χ4n) is 4.35. The van der Waals surface area contributed by atoms with Crippen LogP contribution in [0.2, 0.25) is 0 Å². The Balaban J connectivity index is 1.48. The maximum atomic E-state index is 4.63. The molecule has 0 spiro atoms. The first kappa shape index (κ1) is 15.4. The van der Waals surface area contributed by atoms with E-state index in [1.165, 1.54) is 12.8 Å². The zero-order valence-electron chi connectivity index (χ0n) is 14.8. The minimum atomic E-state index is 0.449. The Morgan fingerprint density at radius 2 is 1.96 bits per heavy atom. The van der Waals surface area contributed by atoms with Gasteiger partial charge >= 0.3 is 0 Å². The summed E-state index contributed by atoms with van der Waals surface area (Å²) >= 11 is 0. The number of fused-ring (bicyclic) bond motifs is 2.